The lowest BCUT2D eigenvalue weighted by molar-refractivity contribution is 0.630. The molecule has 0 saturated heterocycles. The van der Waals surface area contributed by atoms with E-state index in [9.17, 15) is 0 Å². The maximum Gasteiger partial charge on any atom is 0.0726 e. The molecule has 0 fully saturated rings. The highest BCUT2D eigenvalue weighted by atomic mass is 15.0. The molecule has 1 aliphatic heterocycles. The standard InChI is InChI=1S/C76H49N3.C57H39N3/c1-75(2)65-30-13-15-33-72(65)79-71-38-35-48(41-58(71)56-26-17-31-66(75)74(56)79)49-34-37-69-59(42-49)61-44-57-54-24-8-12-29-64(54)76(62-27-10-6-22-52(62)53-23-7-11-28-63(53)76)67(57)45-73(61)78(69)51-36-39-70-60(43-51)55-25-9-14-32-68(55)77(70)50-21-16-20-47(40-50)46-18-4-3-5-19-46;1-57(2)49-22-12-9-19-41(49)44-34-48-46-32-37(36-25-28-53-45(31-36)42-20-10-13-23-51(42)58(53)38-15-5-3-6-16-38)26-29-54(46)60(56(48)35-50(44)57)40-27-30-55-47(33-40)43-21-11-14-24-52(43)59(55)39-17-7-4-8-18-39/h3-45H,1-2H3;3-35H,1-2H3. The number of fused-ring (bicyclic) bond motifs is 33. The quantitative estimate of drug-likeness (QED) is 0.145. The predicted octanol–water partition coefficient (Wildman–Crippen LogP) is 34.2. The highest BCUT2D eigenvalue weighted by Crippen LogP contribution is 2.64. The molecule has 6 nitrogen and oxygen atoms in total. The maximum atomic E-state index is 2.57. The summed E-state index contributed by atoms with van der Waals surface area (Å²) in [5, 5.41) is 15.1. The Bertz CT molecular complexity index is 9980. The van der Waals surface area contributed by atoms with Crippen LogP contribution in [0.15, 0.2) is 461 Å². The van der Waals surface area contributed by atoms with Crippen molar-refractivity contribution in [2.75, 3.05) is 0 Å². The number of hydrogen-bond acceptors (Lipinski definition) is 0. The van der Waals surface area contributed by atoms with Gasteiger partial charge in [-0.05, 0) is 281 Å². The molecule has 139 heavy (non-hydrogen) atoms. The van der Waals surface area contributed by atoms with Crippen LogP contribution in [0.25, 0.3) is 232 Å². The predicted molar refractivity (Wildman–Crippen MR) is 581 cm³/mol. The second-order valence-corrected chi connectivity index (χ2v) is 39.7. The maximum absolute atomic E-state index is 2.57. The number of nitrogens with zero attached hydrogens (tertiary/aromatic N) is 6. The van der Waals surface area contributed by atoms with Crippen LogP contribution in [0.5, 0.6) is 0 Å². The Hall–Kier alpha value is -17.6. The van der Waals surface area contributed by atoms with Gasteiger partial charge in [0.05, 0.1) is 77.3 Å². The van der Waals surface area contributed by atoms with Crippen molar-refractivity contribution in [1.82, 2.24) is 27.4 Å². The molecule has 1 spiro atoms. The molecule has 27 aromatic rings. The summed E-state index contributed by atoms with van der Waals surface area (Å²) in [5.74, 6) is 0. The van der Waals surface area contributed by atoms with Crippen LogP contribution in [0.3, 0.4) is 0 Å². The first kappa shape index (κ1) is 77.8. The van der Waals surface area contributed by atoms with Gasteiger partial charge >= 0.3 is 0 Å². The SMILES string of the molecule is CC1(C)c2ccccc2-c2cc3c4cc(-c5ccc6c(c5)c5ccccc5n6-c5ccccc5)ccc4n(-c4ccc5c(c4)c4ccccc4n5-c4ccccc4)c3cc21.CC1(C)c2ccccc2-n2c3ccc(-c4ccc5c(c4)c4cc6c(cc4n5-c4ccc5c(c4)c4ccccc4n5-c4cccc(-c5ccccc5)c4)C4(c5ccccc5-c5ccccc54)c4ccccc4-6)cc3c3cccc1c32. The van der Waals surface area contributed by atoms with Crippen molar-refractivity contribution in [1.29, 1.82) is 0 Å². The molecule has 7 heterocycles. The molecule has 0 unspecified atom stereocenters. The minimum absolute atomic E-state index is 0.117. The molecule has 31 rings (SSSR count). The average molecular weight is 1770 g/mol. The summed E-state index contributed by atoms with van der Waals surface area (Å²) in [7, 11) is 0. The Morgan fingerprint density at radius 3 is 0.942 bits per heavy atom. The van der Waals surface area contributed by atoms with Crippen molar-refractivity contribution in [2.45, 2.75) is 43.9 Å². The van der Waals surface area contributed by atoms with Crippen LogP contribution >= 0.6 is 0 Å². The van der Waals surface area contributed by atoms with Crippen molar-refractivity contribution < 1.29 is 0 Å². The van der Waals surface area contributed by atoms with E-state index in [0.717, 1.165) is 17.1 Å². The van der Waals surface area contributed by atoms with E-state index in [1.165, 1.54) is 259 Å². The molecule has 0 atom stereocenters. The fourth-order valence-corrected chi connectivity index (χ4v) is 25.9. The van der Waals surface area contributed by atoms with Gasteiger partial charge in [-0.15, -0.1) is 0 Å². The minimum atomic E-state index is -0.475. The van der Waals surface area contributed by atoms with Gasteiger partial charge in [-0.2, -0.15) is 0 Å². The first-order valence-electron chi connectivity index (χ1n) is 48.7. The topological polar surface area (TPSA) is 29.6 Å². The van der Waals surface area contributed by atoms with Crippen molar-refractivity contribution in [3.8, 4) is 101 Å². The fourth-order valence-electron chi connectivity index (χ4n) is 25.9. The highest BCUT2D eigenvalue weighted by Gasteiger charge is 2.52. The third-order valence-corrected chi connectivity index (χ3v) is 32.0. The Morgan fingerprint density at radius 1 is 0.144 bits per heavy atom. The van der Waals surface area contributed by atoms with Crippen LogP contribution in [-0.4, -0.2) is 27.4 Å². The molecular weight excluding hydrogens is 1680 g/mol. The van der Waals surface area contributed by atoms with Crippen LogP contribution in [0, 0.1) is 0 Å². The third kappa shape index (κ3) is 10.7. The molecule has 0 radical (unpaired) electrons. The molecule has 3 aliphatic carbocycles. The van der Waals surface area contributed by atoms with Crippen molar-refractivity contribution in [2.24, 2.45) is 0 Å². The Kier molecular flexibility index (Phi) is 16.1. The Balaban J connectivity index is 0.000000136. The Labute approximate surface area is 802 Å². The van der Waals surface area contributed by atoms with Gasteiger partial charge in [0.1, 0.15) is 0 Å². The largest absolute Gasteiger partial charge is 0.309 e. The Morgan fingerprint density at radius 2 is 0.439 bits per heavy atom. The van der Waals surface area contributed by atoms with Gasteiger partial charge in [-0.3, -0.25) is 0 Å². The van der Waals surface area contributed by atoms with Gasteiger partial charge in [0.2, 0.25) is 0 Å². The molecule has 650 valence electrons. The van der Waals surface area contributed by atoms with Gasteiger partial charge in [0.15, 0.2) is 0 Å². The van der Waals surface area contributed by atoms with E-state index >= 15 is 0 Å². The first-order valence-corrected chi connectivity index (χ1v) is 48.7. The first-order chi connectivity index (χ1) is 68.5. The lowest BCUT2D eigenvalue weighted by Gasteiger charge is -2.34. The number of para-hydroxylation sites is 7. The van der Waals surface area contributed by atoms with Crippen LogP contribution in [0.2, 0.25) is 0 Å². The van der Waals surface area contributed by atoms with E-state index in [-0.39, 0.29) is 10.8 Å². The normalized spacial score (nSPS) is 13.8. The van der Waals surface area contributed by atoms with E-state index in [1.54, 1.807) is 0 Å². The van der Waals surface area contributed by atoms with Crippen LogP contribution in [0.4, 0.5) is 0 Å². The second kappa shape index (κ2) is 28.7. The molecule has 0 amide bonds. The zero-order chi connectivity index (χ0) is 91.6. The van der Waals surface area contributed by atoms with Crippen LogP contribution < -0.4 is 0 Å². The van der Waals surface area contributed by atoms with Crippen molar-refractivity contribution in [3.05, 3.63) is 506 Å². The zero-order valence-corrected chi connectivity index (χ0v) is 77.1. The molecule has 0 saturated carbocycles. The van der Waals surface area contributed by atoms with Gasteiger partial charge < -0.3 is 27.4 Å². The fraction of sp³-hybridized carbons (Fsp3) is 0.0526. The van der Waals surface area contributed by atoms with Gasteiger partial charge in [0, 0.05) is 104 Å². The summed E-state index contributed by atoms with van der Waals surface area (Å²) in [6.45, 7) is 9.51. The van der Waals surface area contributed by atoms with E-state index < -0.39 is 5.41 Å². The van der Waals surface area contributed by atoms with E-state index in [1.807, 2.05) is 0 Å². The van der Waals surface area contributed by atoms with Crippen LogP contribution in [-0.2, 0) is 16.2 Å². The number of rotatable bonds is 8. The second-order valence-electron chi connectivity index (χ2n) is 39.7. The van der Waals surface area contributed by atoms with Crippen molar-refractivity contribution >= 4 is 131 Å². The molecular formula is C133H88N6. The van der Waals surface area contributed by atoms with E-state index in [4.69, 9.17) is 0 Å². The summed E-state index contributed by atoms with van der Waals surface area (Å²) in [5.41, 5.74) is 47.0. The number of benzene rings is 21. The number of aromatic nitrogens is 6. The zero-order valence-electron chi connectivity index (χ0n) is 77.1. The minimum Gasteiger partial charge on any atom is -0.309 e. The summed E-state index contributed by atoms with van der Waals surface area (Å²) in [4.78, 5) is 0. The number of hydrogen-bond donors (Lipinski definition) is 0. The molecule has 4 aliphatic rings. The van der Waals surface area contributed by atoms with Crippen LogP contribution in [0.1, 0.15) is 72.2 Å². The van der Waals surface area contributed by atoms with E-state index in [2.05, 4.69) is 516 Å². The smallest absolute Gasteiger partial charge is 0.0726 e. The monoisotopic (exact) mass is 1770 g/mol. The molecule has 0 bridgehead atoms. The third-order valence-electron chi connectivity index (χ3n) is 32.0. The lowest BCUT2D eigenvalue weighted by Crippen LogP contribution is -2.26. The average Bonchev–Trinajstić information content (AvgIpc) is 1.50. The molecule has 21 aromatic carbocycles. The summed E-state index contributed by atoms with van der Waals surface area (Å²) >= 11 is 0. The van der Waals surface area contributed by atoms with Gasteiger partial charge in [0.25, 0.3) is 0 Å². The summed E-state index contributed by atoms with van der Waals surface area (Å²) in [6, 6.07) is 173. The summed E-state index contributed by atoms with van der Waals surface area (Å²) in [6.07, 6.45) is 0. The van der Waals surface area contributed by atoms with Gasteiger partial charge in [-0.25, -0.2) is 0 Å². The molecule has 6 aromatic heterocycles. The van der Waals surface area contributed by atoms with Crippen molar-refractivity contribution in [3.63, 3.8) is 0 Å². The molecule has 6 heteroatoms. The molecule has 0 N–H and O–H groups in total. The lowest BCUT2D eigenvalue weighted by atomic mass is 9.70. The van der Waals surface area contributed by atoms with Gasteiger partial charge in [-0.1, -0.05) is 319 Å². The highest BCUT2D eigenvalue weighted by molar-refractivity contribution is 6.20. The van der Waals surface area contributed by atoms with E-state index in [0.29, 0.717) is 0 Å². The summed E-state index contributed by atoms with van der Waals surface area (Å²) < 4.78 is 14.8.